The predicted molar refractivity (Wildman–Crippen MR) is 112 cm³/mol. The zero-order valence-electron chi connectivity index (χ0n) is 16.7. The highest BCUT2D eigenvalue weighted by atomic mass is 32.1. The van der Waals surface area contributed by atoms with Gasteiger partial charge in [0.15, 0.2) is 5.78 Å². The number of carbonyl (C=O) groups excluding carboxylic acids is 3. The summed E-state index contributed by atoms with van der Waals surface area (Å²) in [6.07, 6.45) is 2.93. The molecule has 1 aromatic carbocycles. The van der Waals surface area contributed by atoms with Crippen molar-refractivity contribution >= 4 is 34.6 Å². The molecule has 1 N–H and O–H groups in total. The molecule has 0 spiro atoms. The van der Waals surface area contributed by atoms with E-state index in [1.54, 1.807) is 24.4 Å². The van der Waals surface area contributed by atoms with Crippen LogP contribution in [0.5, 0.6) is 0 Å². The van der Waals surface area contributed by atoms with Crippen molar-refractivity contribution in [2.45, 2.75) is 39.5 Å². The number of halogens is 1. The average molecular weight is 417 g/mol. The third-order valence-corrected chi connectivity index (χ3v) is 6.27. The summed E-state index contributed by atoms with van der Waals surface area (Å²) in [5.74, 6) is -0.253. The minimum Gasteiger partial charge on any atom is -0.338 e. The summed E-state index contributed by atoms with van der Waals surface area (Å²) in [4.78, 5) is 38.9. The van der Waals surface area contributed by atoms with Gasteiger partial charge in [-0.2, -0.15) is 0 Å². The van der Waals surface area contributed by atoms with Gasteiger partial charge in [0, 0.05) is 30.6 Å². The van der Waals surface area contributed by atoms with Gasteiger partial charge in [0.25, 0.3) is 5.91 Å². The van der Waals surface area contributed by atoms with E-state index in [0.29, 0.717) is 47.6 Å². The Morgan fingerprint density at radius 3 is 2.76 bits per heavy atom. The molecule has 1 aliphatic heterocycles. The van der Waals surface area contributed by atoms with Crippen molar-refractivity contribution < 1.29 is 18.8 Å². The van der Waals surface area contributed by atoms with E-state index in [0.717, 1.165) is 12.8 Å². The zero-order valence-corrected chi connectivity index (χ0v) is 17.5. The highest BCUT2D eigenvalue weighted by Crippen LogP contribution is 2.25. The lowest BCUT2D eigenvalue weighted by Crippen LogP contribution is -2.40. The maximum Gasteiger partial charge on any atom is 0.254 e. The Morgan fingerprint density at radius 2 is 2.07 bits per heavy atom. The molecular formula is C22H25FN2O3S. The third kappa shape index (κ3) is 5.50. The molecule has 2 heterocycles. The first-order chi connectivity index (χ1) is 13.8. The molecule has 1 unspecified atom stereocenters. The summed E-state index contributed by atoms with van der Waals surface area (Å²) in [7, 11) is 0. The van der Waals surface area contributed by atoms with Crippen molar-refractivity contribution in [1.29, 1.82) is 0 Å². The quantitative estimate of drug-likeness (QED) is 0.696. The van der Waals surface area contributed by atoms with Crippen LogP contribution in [0.15, 0.2) is 29.6 Å². The number of likely N-dealkylation sites (tertiary alicyclic amines) is 1. The minimum atomic E-state index is -0.325. The number of hydrogen-bond donors (Lipinski definition) is 1. The van der Waals surface area contributed by atoms with Gasteiger partial charge in [-0.1, -0.05) is 0 Å². The van der Waals surface area contributed by atoms with Crippen molar-refractivity contribution in [3.63, 3.8) is 0 Å². The van der Waals surface area contributed by atoms with Crippen molar-refractivity contribution in [1.82, 2.24) is 4.90 Å². The molecule has 0 aliphatic carbocycles. The number of aryl methyl sites for hydroxylation is 1. The molecule has 2 amide bonds. The Kier molecular flexibility index (Phi) is 6.79. The number of Topliss-reactive ketones (excluding diaryl/α,β-unsaturated/α-hetero) is 1. The first-order valence-electron chi connectivity index (χ1n) is 9.78. The number of rotatable bonds is 6. The Balaban J connectivity index is 1.52. The third-order valence-electron chi connectivity index (χ3n) is 5.24. The topological polar surface area (TPSA) is 66.5 Å². The van der Waals surface area contributed by atoms with Crippen LogP contribution in [-0.4, -0.2) is 35.6 Å². The second-order valence-electron chi connectivity index (χ2n) is 7.56. The van der Waals surface area contributed by atoms with Gasteiger partial charge in [-0.05, 0) is 68.9 Å². The van der Waals surface area contributed by atoms with E-state index in [9.17, 15) is 18.8 Å². The largest absolute Gasteiger partial charge is 0.338 e. The van der Waals surface area contributed by atoms with Crippen LogP contribution in [-0.2, 0) is 4.79 Å². The van der Waals surface area contributed by atoms with Crippen LogP contribution >= 0.6 is 11.3 Å². The molecule has 154 valence electrons. The van der Waals surface area contributed by atoms with E-state index in [1.165, 1.54) is 30.4 Å². The molecule has 2 aromatic rings. The number of carbonyl (C=O) groups is 3. The molecule has 1 aliphatic rings. The van der Waals surface area contributed by atoms with E-state index in [-0.39, 0.29) is 29.3 Å². The molecule has 0 bridgehead atoms. The SMILES string of the molecule is CC(=O)c1cc(C(=O)N2CCCC(CCC(=O)Nc3ccc(F)cc3C)C2)cs1. The van der Waals surface area contributed by atoms with Gasteiger partial charge < -0.3 is 10.2 Å². The number of benzene rings is 1. The maximum atomic E-state index is 13.2. The van der Waals surface area contributed by atoms with Gasteiger partial charge in [-0.3, -0.25) is 14.4 Å². The lowest BCUT2D eigenvalue weighted by molar-refractivity contribution is -0.116. The fourth-order valence-electron chi connectivity index (χ4n) is 3.62. The van der Waals surface area contributed by atoms with Crippen LogP contribution in [0.25, 0.3) is 0 Å². The van der Waals surface area contributed by atoms with Gasteiger partial charge in [0.05, 0.1) is 10.4 Å². The Morgan fingerprint density at radius 1 is 1.28 bits per heavy atom. The molecule has 1 fully saturated rings. The van der Waals surface area contributed by atoms with Crippen LogP contribution in [0.1, 0.15) is 58.2 Å². The zero-order chi connectivity index (χ0) is 21.0. The Labute approximate surface area is 173 Å². The molecule has 7 heteroatoms. The first kappa shape index (κ1) is 21.2. The van der Waals surface area contributed by atoms with Gasteiger partial charge in [0.2, 0.25) is 5.91 Å². The summed E-state index contributed by atoms with van der Waals surface area (Å²) in [5.41, 5.74) is 1.87. The molecule has 3 rings (SSSR count). The van der Waals surface area contributed by atoms with Crippen molar-refractivity contribution in [3.05, 3.63) is 51.5 Å². The summed E-state index contributed by atoms with van der Waals surface area (Å²) < 4.78 is 13.2. The smallest absolute Gasteiger partial charge is 0.254 e. The molecule has 1 atom stereocenters. The van der Waals surface area contributed by atoms with Gasteiger partial charge in [-0.25, -0.2) is 4.39 Å². The molecule has 29 heavy (non-hydrogen) atoms. The lowest BCUT2D eigenvalue weighted by atomic mass is 9.93. The number of piperidine rings is 1. The molecular weight excluding hydrogens is 391 g/mol. The number of hydrogen-bond acceptors (Lipinski definition) is 4. The average Bonchev–Trinajstić information content (AvgIpc) is 3.19. The van der Waals surface area contributed by atoms with Crippen LogP contribution in [0, 0.1) is 18.7 Å². The highest BCUT2D eigenvalue weighted by molar-refractivity contribution is 7.12. The van der Waals surface area contributed by atoms with E-state index < -0.39 is 0 Å². The number of anilines is 1. The summed E-state index contributed by atoms with van der Waals surface area (Å²) in [6.45, 7) is 4.56. The molecule has 0 saturated carbocycles. The van der Waals surface area contributed by atoms with Crippen LogP contribution in [0.3, 0.4) is 0 Å². The summed E-state index contributed by atoms with van der Waals surface area (Å²) in [5, 5.41) is 4.57. The first-order valence-corrected chi connectivity index (χ1v) is 10.7. The number of nitrogens with zero attached hydrogens (tertiary/aromatic N) is 1. The second-order valence-corrected chi connectivity index (χ2v) is 8.47. The Bertz CT molecular complexity index is 925. The number of thiophene rings is 1. The number of amides is 2. The fraction of sp³-hybridized carbons (Fsp3) is 0.409. The monoisotopic (exact) mass is 416 g/mol. The van der Waals surface area contributed by atoms with Crippen LogP contribution < -0.4 is 5.32 Å². The van der Waals surface area contributed by atoms with Gasteiger partial charge >= 0.3 is 0 Å². The van der Waals surface area contributed by atoms with E-state index >= 15 is 0 Å². The fourth-order valence-corrected chi connectivity index (χ4v) is 4.40. The minimum absolute atomic E-state index is 0.0343. The van der Waals surface area contributed by atoms with Crippen molar-refractivity contribution in [2.24, 2.45) is 5.92 Å². The normalized spacial score (nSPS) is 16.5. The molecule has 1 saturated heterocycles. The summed E-state index contributed by atoms with van der Waals surface area (Å²) >= 11 is 1.29. The number of ketones is 1. The van der Waals surface area contributed by atoms with Crippen LogP contribution in [0.2, 0.25) is 0 Å². The van der Waals surface area contributed by atoms with E-state index in [1.807, 2.05) is 4.90 Å². The van der Waals surface area contributed by atoms with Crippen molar-refractivity contribution in [2.75, 3.05) is 18.4 Å². The highest BCUT2D eigenvalue weighted by Gasteiger charge is 2.25. The van der Waals surface area contributed by atoms with Gasteiger partial charge in [-0.15, -0.1) is 11.3 Å². The standard InChI is InChI=1S/C22H25FN2O3S/c1-14-10-18(23)6-7-19(14)24-21(27)8-5-16-4-3-9-25(12-16)22(28)17-11-20(15(2)26)29-13-17/h6-7,10-11,13,16H,3-5,8-9,12H2,1-2H3,(H,24,27). The second kappa shape index (κ2) is 9.31. The Hall–Kier alpha value is -2.54. The van der Waals surface area contributed by atoms with Gasteiger partial charge in [0.1, 0.15) is 5.82 Å². The van der Waals surface area contributed by atoms with E-state index in [2.05, 4.69) is 5.32 Å². The molecule has 0 radical (unpaired) electrons. The van der Waals surface area contributed by atoms with E-state index in [4.69, 9.17) is 0 Å². The molecule has 5 nitrogen and oxygen atoms in total. The van der Waals surface area contributed by atoms with Crippen molar-refractivity contribution in [3.8, 4) is 0 Å². The predicted octanol–water partition coefficient (Wildman–Crippen LogP) is 4.67. The summed E-state index contributed by atoms with van der Waals surface area (Å²) in [6, 6.07) is 5.95. The molecule has 1 aromatic heterocycles. The maximum absolute atomic E-state index is 13.2. The number of nitrogens with one attached hydrogen (secondary N) is 1. The lowest BCUT2D eigenvalue weighted by Gasteiger charge is -2.32. The van der Waals surface area contributed by atoms with Crippen LogP contribution in [0.4, 0.5) is 10.1 Å².